The van der Waals surface area contributed by atoms with Crippen LogP contribution in [0.1, 0.15) is 18.9 Å². The van der Waals surface area contributed by atoms with E-state index in [1.165, 1.54) is 0 Å². The highest BCUT2D eigenvalue weighted by Crippen LogP contribution is 2.30. The van der Waals surface area contributed by atoms with Gasteiger partial charge in [-0.25, -0.2) is 9.78 Å². The van der Waals surface area contributed by atoms with Gasteiger partial charge in [0.2, 0.25) is 0 Å². The number of aromatic amines is 1. The number of H-pyrrole nitrogens is 1. The van der Waals surface area contributed by atoms with Crippen molar-refractivity contribution in [2.45, 2.75) is 19.4 Å². The van der Waals surface area contributed by atoms with Gasteiger partial charge in [0.1, 0.15) is 5.65 Å². The van der Waals surface area contributed by atoms with Crippen LogP contribution in [0, 0.1) is 17.2 Å². The van der Waals surface area contributed by atoms with E-state index >= 15 is 0 Å². The van der Waals surface area contributed by atoms with Crippen LogP contribution in [0.3, 0.4) is 0 Å². The lowest BCUT2D eigenvalue weighted by molar-refractivity contribution is 0.172. The van der Waals surface area contributed by atoms with Crippen molar-refractivity contribution in [1.29, 1.82) is 5.26 Å². The monoisotopic (exact) mass is 388 g/mol. The van der Waals surface area contributed by atoms with Gasteiger partial charge in [0.25, 0.3) is 0 Å². The summed E-state index contributed by atoms with van der Waals surface area (Å²) in [4.78, 5) is 24.5. The molecule has 1 aliphatic rings. The summed E-state index contributed by atoms with van der Waals surface area (Å²) in [5.41, 5.74) is 3.14. The summed E-state index contributed by atoms with van der Waals surface area (Å²) in [7, 11) is 2.08. The van der Waals surface area contributed by atoms with Crippen LogP contribution in [0.5, 0.6) is 0 Å². The number of nitrogens with one attached hydrogen (secondary N) is 2. The number of nitriles is 1. The van der Waals surface area contributed by atoms with E-state index in [-0.39, 0.29) is 12.1 Å². The second kappa shape index (κ2) is 7.84. The molecule has 3 aromatic rings. The Kier molecular flexibility index (Phi) is 5.09. The predicted molar refractivity (Wildman–Crippen MR) is 114 cm³/mol. The molecule has 1 saturated heterocycles. The highest BCUT2D eigenvalue weighted by molar-refractivity contribution is 5.91. The van der Waals surface area contributed by atoms with Gasteiger partial charge in [0.05, 0.1) is 11.6 Å². The van der Waals surface area contributed by atoms with Gasteiger partial charge >= 0.3 is 6.03 Å². The molecule has 7 nitrogen and oxygen atoms in total. The molecule has 0 bridgehead atoms. The second-order valence-corrected chi connectivity index (χ2v) is 7.58. The van der Waals surface area contributed by atoms with Gasteiger partial charge in [-0.15, -0.1) is 0 Å². The lowest BCUT2D eigenvalue weighted by Gasteiger charge is -2.42. The third kappa shape index (κ3) is 3.74. The zero-order valence-electron chi connectivity index (χ0n) is 16.6. The van der Waals surface area contributed by atoms with Crippen molar-refractivity contribution in [3.8, 4) is 6.07 Å². The Labute approximate surface area is 170 Å². The number of amides is 2. The van der Waals surface area contributed by atoms with Crippen LogP contribution in [0.2, 0.25) is 0 Å². The minimum Gasteiger partial charge on any atom is -0.369 e. The standard InChI is InChI=1S/C22H24N6O/c1-15-8-11-28(22(29)26-17-5-3-4-16(12-17)13-23)14-20(15)27(2)19-7-10-25-21-18(19)6-9-24-21/h3-7,9-10,12,15,20H,8,11,14H2,1-2H3,(H,24,25)(H,26,29). The second-order valence-electron chi connectivity index (χ2n) is 7.58. The molecule has 1 aliphatic heterocycles. The summed E-state index contributed by atoms with van der Waals surface area (Å²) in [6, 6.07) is 13.2. The maximum Gasteiger partial charge on any atom is 0.321 e. The number of rotatable bonds is 3. The van der Waals surface area contributed by atoms with Crippen LogP contribution in [0.25, 0.3) is 11.0 Å². The fourth-order valence-corrected chi connectivity index (χ4v) is 4.04. The van der Waals surface area contributed by atoms with E-state index in [4.69, 9.17) is 5.26 Å². The van der Waals surface area contributed by atoms with Crippen molar-refractivity contribution >= 4 is 28.4 Å². The van der Waals surface area contributed by atoms with Crippen LogP contribution < -0.4 is 10.2 Å². The molecule has 0 saturated carbocycles. The first kappa shape index (κ1) is 18.8. The van der Waals surface area contributed by atoms with Crippen LogP contribution in [0.15, 0.2) is 48.8 Å². The smallest absolute Gasteiger partial charge is 0.321 e. The number of carbonyl (C=O) groups excluding carboxylic acids is 1. The van der Waals surface area contributed by atoms with Gasteiger partial charge in [0.15, 0.2) is 0 Å². The summed E-state index contributed by atoms with van der Waals surface area (Å²) in [5, 5.41) is 13.1. The molecule has 0 aliphatic carbocycles. The molecule has 2 amide bonds. The number of aromatic nitrogens is 2. The number of urea groups is 1. The minimum absolute atomic E-state index is 0.132. The molecule has 1 aromatic carbocycles. The number of likely N-dealkylation sites (N-methyl/N-ethyl adjacent to an activating group) is 1. The van der Waals surface area contributed by atoms with Crippen molar-refractivity contribution in [1.82, 2.24) is 14.9 Å². The predicted octanol–water partition coefficient (Wildman–Crippen LogP) is 3.81. The lowest BCUT2D eigenvalue weighted by Crippen LogP contribution is -2.53. The fourth-order valence-electron chi connectivity index (χ4n) is 4.04. The van der Waals surface area contributed by atoms with Crippen molar-refractivity contribution in [3.05, 3.63) is 54.4 Å². The topological polar surface area (TPSA) is 88.1 Å². The molecule has 2 atom stereocenters. The summed E-state index contributed by atoms with van der Waals surface area (Å²) in [5.74, 6) is 0.452. The molecule has 4 rings (SSSR count). The number of hydrogen-bond donors (Lipinski definition) is 2. The number of hydrogen-bond acceptors (Lipinski definition) is 4. The Morgan fingerprint density at radius 2 is 2.24 bits per heavy atom. The minimum atomic E-state index is -0.132. The number of nitrogens with zero attached hydrogens (tertiary/aromatic N) is 4. The zero-order chi connectivity index (χ0) is 20.4. The maximum absolute atomic E-state index is 12.8. The van der Waals surface area contributed by atoms with E-state index in [0.717, 1.165) is 23.1 Å². The molecular formula is C22H24N6O. The average Bonchev–Trinajstić information content (AvgIpc) is 3.22. The third-order valence-electron chi connectivity index (χ3n) is 5.76. The molecule has 0 spiro atoms. The largest absolute Gasteiger partial charge is 0.369 e. The highest BCUT2D eigenvalue weighted by atomic mass is 16.2. The van der Waals surface area contributed by atoms with E-state index in [2.05, 4.69) is 40.2 Å². The number of benzene rings is 1. The summed E-state index contributed by atoms with van der Waals surface area (Å²) in [6.45, 7) is 3.59. The summed E-state index contributed by atoms with van der Waals surface area (Å²) >= 11 is 0. The first-order valence-corrected chi connectivity index (χ1v) is 9.78. The number of anilines is 2. The normalized spacial score (nSPS) is 19.0. The van der Waals surface area contributed by atoms with Gasteiger partial charge in [-0.05, 0) is 42.7 Å². The van der Waals surface area contributed by atoms with E-state index in [9.17, 15) is 4.79 Å². The van der Waals surface area contributed by atoms with Crippen molar-refractivity contribution < 1.29 is 4.79 Å². The Balaban J connectivity index is 1.51. The Morgan fingerprint density at radius 3 is 3.07 bits per heavy atom. The maximum atomic E-state index is 12.8. The molecule has 148 valence electrons. The van der Waals surface area contributed by atoms with Crippen molar-refractivity contribution in [2.75, 3.05) is 30.4 Å². The number of piperidine rings is 1. The van der Waals surface area contributed by atoms with E-state index in [1.807, 2.05) is 29.4 Å². The molecule has 7 heteroatoms. The first-order valence-electron chi connectivity index (χ1n) is 9.78. The summed E-state index contributed by atoms with van der Waals surface area (Å²) in [6.07, 6.45) is 4.64. The molecule has 1 fully saturated rings. The van der Waals surface area contributed by atoms with Crippen molar-refractivity contribution in [2.24, 2.45) is 5.92 Å². The van der Waals surface area contributed by atoms with E-state index < -0.39 is 0 Å². The third-order valence-corrected chi connectivity index (χ3v) is 5.76. The molecule has 2 N–H and O–H groups in total. The molecular weight excluding hydrogens is 364 g/mol. The SMILES string of the molecule is CC1CCN(C(=O)Nc2cccc(C#N)c2)CC1N(C)c1ccnc2[nH]ccc12. The van der Waals surface area contributed by atoms with E-state index in [1.54, 1.807) is 24.3 Å². The number of carbonyl (C=O) groups is 1. The number of likely N-dealkylation sites (tertiary alicyclic amines) is 1. The Hall–Kier alpha value is -3.53. The van der Waals surface area contributed by atoms with Crippen LogP contribution in [-0.2, 0) is 0 Å². The van der Waals surface area contributed by atoms with Gasteiger partial charge < -0.3 is 20.1 Å². The van der Waals surface area contributed by atoms with Crippen LogP contribution >= 0.6 is 0 Å². The van der Waals surface area contributed by atoms with Crippen LogP contribution in [0.4, 0.5) is 16.2 Å². The van der Waals surface area contributed by atoms with Gasteiger partial charge in [-0.2, -0.15) is 5.26 Å². The highest BCUT2D eigenvalue weighted by Gasteiger charge is 2.32. The Morgan fingerprint density at radius 1 is 1.38 bits per heavy atom. The number of fused-ring (bicyclic) bond motifs is 1. The first-order chi connectivity index (χ1) is 14.1. The van der Waals surface area contributed by atoms with Gasteiger partial charge in [-0.3, -0.25) is 0 Å². The van der Waals surface area contributed by atoms with Crippen LogP contribution in [-0.4, -0.2) is 47.1 Å². The fraction of sp³-hybridized carbons (Fsp3) is 0.318. The molecule has 0 radical (unpaired) electrons. The molecule has 29 heavy (non-hydrogen) atoms. The number of pyridine rings is 1. The summed E-state index contributed by atoms with van der Waals surface area (Å²) < 4.78 is 0. The Bertz CT molecular complexity index is 1070. The zero-order valence-corrected chi connectivity index (χ0v) is 16.6. The molecule has 2 aromatic heterocycles. The quantitative estimate of drug-likeness (QED) is 0.714. The molecule has 3 heterocycles. The van der Waals surface area contributed by atoms with E-state index in [0.29, 0.717) is 30.3 Å². The molecule has 2 unspecified atom stereocenters. The van der Waals surface area contributed by atoms with Gasteiger partial charge in [0, 0.05) is 55.3 Å². The van der Waals surface area contributed by atoms with Crippen molar-refractivity contribution in [3.63, 3.8) is 0 Å². The van der Waals surface area contributed by atoms with Gasteiger partial charge in [-0.1, -0.05) is 13.0 Å². The average molecular weight is 388 g/mol. The lowest BCUT2D eigenvalue weighted by atomic mass is 9.92.